The third kappa shape index (κ3) is 2.62. The lowest BCUT2D eigenvalue weighted by atomic mass is 10.3. The summed E-state index contributed by atoms with van der Waals surface area (Å²) in [5.41, 5.74) is 3.68. The van der Waals surface area contributed by atoms with Gasteiger partial charge in [-0.25, -0.2) is 15.0 Å². The predicted molar refractivity (Wildman–Crippen MR) is 82.0 cm³/mol. The molecule has 0 amide bonds. The van der Waals surface area contributed by atoms with E-state index < -0.39 is 0 Å². The van der Waals surface area contributed by atoms with Gasteiger partial charge < -0.3 is 5.32 Å². The molecule has 0 aliphatic heterocycles. The number of pyridine rings is 1. The molecule has 0 atom stereocenters. The third-order valence-corrected chi connectivity index (χ3v) is 3.57. The van der Waals surface area contributed by atoms with Crippen molar-refractivity contribution in [3.05, 3.63) is 51.9 Å². The molecule has 3 rings (SSSR count). The Morgan fingerprint density at radius 1 is 1.30 bits per heavy atom. The quantitative estimate of drug-likeness (QED) is 0.733. The van der Waals surface area contributed by atoms with Crippen molar-refractivity contribution in [2.24, 2.45) is 0 Å². The van der Waals surface area contributed by atoms with Crippen LogP contribution in [-0.2, 0) is 6.54 Å². The number of nitrogens with one attached hydrogen (secondary N) is 1. The lowest BCUT2D eigenvalue weighted by molar-refractivity contribution is 0.978. The van der Waals surface area contributed by atoms with Gasteiger partial charge in [-0.3, -0.25) is 4.40 Å². The van der Waals surface area contributed by atoms with Crippen molar-refractivity contribution >= 4 is 38.9 Å². The van der Waals surface area contributed by atoms with Crippen molar-refractivity contribution in [3.8, 4) is 0 Å². The lowest BCUT2D eigenvalue weighted by Crippen LogP contribution is -2.04. The first-order valence-electron chi connectivity index (χ1n) is 5.98. The lowest BCUT2D eigenvalue weighted by Gasteiger charge is -2.09. The monoisotopic (exact) mass is 351 g/mol. The molecule has 7 heteroatoms. The van der Waals surface area contributed by atoms with Crippen molar-refractivity contribution in [2.75, 3.05) is 5.32 Å². The average molecular weight is 353 g/mol. The summed E-state index contributed by atoms with van der Waals surface area (Å²) in [6.45, 7) is 2.56. The number of aryl methyl sites for hydroxylation is 1. The summed E-state index contributed by atoms with van der Waals surface area (Å²) in [7, 11) is 0. The third-order valence-electron chi connectivity index (χ3n) is 2.95. The molecule has 3 aromatic heterocycles. The first-order valence-corrected chi connectivity index (χ1v) is 7.15. The minimum atomic E-state index is 0.498. The van der Waals surface area contributed by atoms with E-state index >= 15 is 0 Å². The van der Waals surface area contributed by atoms with Gasteiger partial charge in [-0.2, -0.15) is 0 Å². The molecule has 0 fully saturated rings. The van der Waals surface area contributed by atoms with Gasteiger partial charge in [0.25, 0.3) is 0 Å². The first-order chi connectivity index (χ1) is 9.63. The van der Waals surface area contributed by atoms with Crippen LogP contribution in [0.1, 0.15) is 11.4 Å². The fourth-order valence-corrected chi connectivity index (χ4v) is 2.45. The topological polar surface area (TPSA) is 55.1 Å². The molecule has 5 nitrogen and oxygen atoms in total. The largest absolute Gasteiger partial charge is 0.378 e. The number of anilines is 1. The number of hydrogen-bond donors (Lipinski definition) is 1. The molecule has 0 spiro atoms. The second kappa shape index (κ2) is 5.38. The van der Waals surface area contributed by atoms with Crippen LogP contribution in [0.2, 0.25) is 5.15 Å². The minimum Gasteiger partial charge on any atom is -0.378 e. The molecule has 0 bridgehead atoms. The van der Waals surface area contributed by atoms with E-state index in [4.69, 9.17) is 11.6 Å². The fourth-order valence-electron chi connectivity index (χ4n) is 1.95. The highest BCUT2D eigenvalue weighted by Gasteiger charge is 2.06. The second-order valence-electron chi connectivity index (χ2n) is 4.31. The smallest absolute Gasteiger partial charge is 0.155 e. The molecule has 0 saturated carbocycles. The van der Waals surface area contributed by atoms with Gasteiger partial charge >= 0.3 is 0 Å². The number of hydrogen-bond acceptors (Lipinski definition) is 4. The van der Waals surface area contributed by atoms with Crippen molar-refractivity contribution in [2.45, 2.75) is 13.5 Å². The van der Waals surface area contributed by atoms with Gasteiger partial charge in [0.15, 0.2) is 5.65 Å². The molecule has 102 valence electrons. The van der Waals surface area contributed by atoms with E-state index in [-0.39, 0.29) is 0 Å². The Labute approximate surface area is 129 Å². The summed E-state index contributed by atoms with van der Waals surface area (Å²) in [5.74, 6) is 0. The van der Waals surface area contributed by atoms with Crippen LogP contribution < -0.4 is 5.32 Å². The Balaban J connectivity index is 1.85. The normalized spacial score (nSPS) is 10.9. The zero-order valence-electron chi connectivity index (χ0n) is 10.6. The number of nitrogens with zero attached hydrogens (tertiary/aromatic N) is 4. The van der Waals surface area contributed by atoms with Crippen LogP contribution in [0.15, 0.2) is 35.3 Å². The van der Waals surface area contributed by atoms with Crippen molar-refractivity contribution in [1.82, 2.24) is 19.4 Å². The molecule has 0 aliphatic carbocycles. The van der Waals surface area contributed by atoms with Gasteiger partial charge in [-0.15, -0.1) is 0 Å². The fraction of sp³-hybridized carbons (Fsp3) is 0.154. The van der Waals surface area contributed by atoms with E-state index in [1.165, 1.54) is 0 Å². The molecule has 3 heterocycles. The Kier molecular flexibility index (Phi) is 3.58. The van der Waals surface area contributed by atoms with Gasteiger partial charge in [-0.05, 0) is 35.0 Å². The molecule has 20 heavy (non-hydrogen) atoms. The number of aromatic nitrogens is 4. The Morgan fingerprint density at radius 3 is 2.95 bits per heavy atom. The summed E-state index contributed by atoms with van der Waals surface area (Å²) < 4.78 is 2.76. The van der Waals surface area contributed by atoms with Gasteiger partial charge in [0.2, 0.25) is 0 Å². The predicted octanol–water partition coefficient (Wildman–Crippen LogP) is 3.46. The molecule has 3 aromatic rings. The van der Waals surface area contributed by atoms with Crippen molar-refractivity contribution in [1.29, 1.82) is 0 Å². The van der Waals surface area contributed by atoms with Crippen LogP contribution in [-0.4, -0.2) is 19.4 Å². The van der Waals surface area contributed by atoms with Crippen LogP contribution in [0.25, 0.3) is 5.65 Å². The van der Waals surface area contributed by atoms with Crippen molar-refractivity contribution in [3.63, 3.8) is 0 Å². The van der Waals surface area contributed by atoms with E-state index in [1.807, 2.05) is 29.8 Å². The maximum atomic E-state index is 5.85. The average Bonchev–Trinajstić information content (AvgIpc) is 2.80. The minimum absolute atomic E-state index is 0.498. The van der Waals surface area contributed by atoms with Gasteiger partial charge in [0.1, 0.15) is 9.76 Å². The molecule has 0 aliphatic rings. The van der Waals surface area contributed by atoms with Crippen molar-refractivity contribution < 1.29 is 0 Å². The highest BCUT2D eigenvalue weighted by molar-refractivity contribution is 9.10. The zero-order valence-corrected chi connectivity index (χ0v) is 13.0. The maximum Gasteiger partial charge on any atom is 0.155 e. The number of rotatable bonds is 3. The highest BCUT2D eigenvalue weighted by Crippen LogP contribution is 2.17. The summed E-state index contributed by atoms with van der Waals surface area (Å²) in [6.07, 6.45) is 5.45. The van der Waals surface area contributed by atoms with Crippen LogP contribution in [0, 0.1) is 6.92 Å². The maximum absolute atomic E-state index is 5.85. The zero-order chi connectivity index (χ0) is 14.1. The van der Waals surface area contributed by atoms with E-state index in [0.717, 1.165) is 27.3 Å². The van der Waals surface area contributed by atoms with E-state index in [9.17, 15) is 0 Å². The SMILES string of the molecule is Cc1nc(Cl)ccc1NCc1cnc2cnc(Br)cn12. The Hall–Kier alpha value is -1.66. The van der Waals surface area contributed by atoms with Crippen LogP contribution >= 0.6 is 27.5 Å². The van der Waals surface area contributed by atoms with Crippen LogP contribution in [0.3, 0.4) is 0 Å². The molecular formula is C13H11BrClN5. The highest BCUT2D eigenvalue weighted by atomic mass is 79.9. The van der Waals surface area contributed by atoms with E-state index in [2.05, 4.69) is 36.2 Å². The Bertz CT molecular complexity index is 771. The molecule has 0 aromatic carbocycles. The Morgan fingerprint density at radius 2 is 2.15 bits per heavy atom. The standard InChI is InChI=1S/C13H11BrClN5/c1-8-10(2-3-12(15)19-8)16-4-9-5-18-13-6-17-11(14)7-20(9)13/h2-3,5-7,16H,4H2,1H3. The van der Waals surface area contributed by atoms with Gasteiger partial charge in [0.05, 0.1) is 36.0 Å². The summed E-state index contributed by atoms with van der Waals surface area (Å²) in [5, 5.41) is 3.83. The number of fused-ring (bicyclic) bond motifs is 1. The second-order valence-corrected chi connectivity index (χ2v) is 5.51. The summed E-state index contributed by atoms with van der Waals surface area (Å²) >= 11 is 9.21. The van der Waals surface area contributed by atoms with Crippen LogP contribution in [0.4, 0.5) is 5.69 Å². The van der Waals surface area contributed by atoms with Gasteiger partial charge in [-0.1, -0.05) is 11.6 Å². The molecule has 0 unspecified atom stereocenters. The first kappa shape index (κ1) is 13.3. The molecule has 0 saturated heterocycles. The van der Waals surface area contributed by atoms with E-state index in [0.29, 0.717) is 11.7 Å². The number of halogens is 2. The van der Waals surface area contributed by atoms with Gasteiger partial charge in [0, 0.05) is 6.20 Å². The summed E-state index contributed by atoms with van der Waals surface area (Å²) in [4.78, 5) is 12.7. The molecule has 1 N–H and O–H groups in total. The summed E-state index contributed by atoms with van der Waals surface area (Å²) in [6, 6.07) is 3.69. The molecular weight excluding hydrogens is 342 g/mol. The number of imidazole rings is 1. The van der Waals surface area contributed by atoms with Crippen LogP contribution in [0.5, 0.6) is 0 Å². The molecule has 0 radical (unpaired) electrons. The van der Waals surface area contributed by atoms with E-state index in [1.54, 1.807) is 12.3 Å².